The summed E-state index contributed by atoms with van der Waals surface area (Å²) in [5.41, 5.74) is 1.10. The Balaban J connectivity index is 1.61. The van der Waals surface area contributed by atoms with Gasteiger partial charge in [0.1, 0.15) is 6.04 Å². The van der Waals surface area contributed by atoms with Crippen molar-refractivity contribution in [3.63, 3.8) is 0 Å². The summed E-state index contributed by atoms with van der Waals surface area (Å²) in [5.74, 6) is -0.255. The van der Waals surface area contributed by atoms with E-state index in [1.807, 2.05) is 30.3 Å². The van der Waals surface area contributed by atoms with Crippen LogP contribution in [0.2, 0.25) is 0 Å². The van der Waals surface area contributed by atoms with Crippen LogP contribution in [0, 0.1) is 0 Å². The molecule has 0 aliphatic heterocycles. The van der Waals surface area contributed by atoms with Crippen LogP contribution in [0.5, 0.6) is 0 Å². The van der Waals surface area contributed by atoms with Gasteiger partial charge < -0.3 is 10.2 Å². The molecule has 8 heteroatoms. The van der Waals surface area contributed by atoms with Crippen LogP contribution in [0.1, 0.15) is 57.4 Å². The van der Waals surface area contributed by atoms with E-state index < -0.39 is 16.1 Å². The van der Waals surface area contributed by atoms with Gasteiger partial charge in [-0.25, -0.2) is 12.7 Å². The minimum Gasteiger partial charge on any atom is -0.352 e. The molecule has 196 valence electrons. The van der Waals surface area contributed by atoms with Crippen LogP contribution in [-0.4, -0.2) is 61.7 Å². The van der Waals surface area contributed by atoms with Crippen molar-refractivity contribution >= 4 is 21.8 Å². The summed E-state index contributed by atoms with van der Waals surface area (Å²) in [7, 11) is -2.08. The number of amides is 2. The molecule has 1 saturated carbocycles. The molecule has 2 amide bonds. The highest BCUT2D eigenvalue weighted by molar-refractivity contribution is 7.89. The second-order valence-corrected chi connectivity index (χ2v) is 11.6. The monoisotopic (exact) mass is 513 g/mol. The van der Waals surface area contributed by atoms with Gasteiger partial charge in [0.2, 0.25) is 21.8 Å². The number of hydrogen-bond donors (Lipinski definition) is 1. The first kappa shape index (κ1) is 27.9. The lowest BCUT2D eigenvalue weighted by molar-refractivity contribution is -0.140. The fourth-order valence-electron chi connectivity index (χ4n) is 4.63. The van der Waals surface area contributed by atoms with E-state index in [1.54, 1.807) is 42.2 Å². The maximum Gasteiger partial charge on any atom is 0.242 e. The lowest BCUT2D eigenvalue weighted by Gasteiger charge is -2.31. The van der Waals surface area contributed by atoms with Gasteiger partial charge in [0, 0.05) is 32.6 Å². The van der Waals surface area contributed by atoms with Gasteiger partial charge in [0.05, 0.1) is 4.90 Å². The SMILES string of the molecule is C[C@@H](C(=O)NC1CCCCC1)N(CCc1ccccc1)C(=O)CCCN(C)S(=O)(=O)c1ccccc1. The molecule has 1 aliphatic rings. The van der Waals surface area contributed by atoms with Crippen LogP contribution in [0.3, 0.4) is 0 Å². The van der Waals surface area contributed by atoms with E-state index in [1.165, 1.54) is 17.8 Å². The minimum absolute atomic E-state index is 0.118. The summed E-state index contributed by atoms with van der Waals surface area (Å²) >= 11 is 0. The third kappa shape index (κ3) is 7.90. The van der Waals surface area contributed by atoms with Gasteiger partial charge in [-0.15, -0.1) is 0 Å². The third-order valence-electron chi connectivity index (χ3n) is 6.92. The molecule has 1 aliphatic carbocycles. The van der Waals surface area contributed by atoms with Gasteiger partial charge >= 0.3 is 0 Å². The van der Waals surface area contributed by atoms with Crippen LogP contribution in [0.25, 0.3) is 0 Å². The van der Waals surface area contributed by atoms with Crippen molar-refractivity contribution in [2.75, 3.05) is 20.1 Å². The number of carbonyl (C=O) groups is 2. The largest absolute Gasteiger partial charge is 0.352 e. The third-order valence-corrected chi connectivity index (χ3v) is 8.79. The molecule has 36 heavy (non-hydrogen) atoms. The molecule has 0 radical (unpaired) electrons. The zero-order chi connectivity index (χ0) is 26.0. The average Bonchev–Trinajstić information content (AvgIpc) is 2.90. The van der Waals surface area contributed by atoms with Crippen molar-refractivity contribution in [2.24, 2.45) is 0 Å². The fourth-order valence-corrected chi connectivity index (χ4v) is 5.86. The predicted octanol–water partition coefficient (Wildman–Crippen LogP) is 4.00. The number of nitrogens with zero attached hydrogens (tertiary/aromatic N) is 2. The lowest BCUT2D eigenvalue weighted by atomic mass is 9.95. The summed E-state index contributed by atoms with van der Waals surface area (Å²) in [6.07, 6.45) is 6.61. The molecule has 1 atom stereocenters. The molecule has 2 aromatic carbocycles. The maximum atomic E-state index is 13.3. The van der Waals surface area contributed by atoms with Gasteiger partial charge in [-0.2, -0.15) is 0 Å². The smallest absolute Gasteiger partial charge is 0.242 e. The molecule has 1 fully saturated rings. The van der Waals surface area contributed by atoms with Gasteiger partial charge in [0.15, 0.2) is 0 Å². The first-order valence-electron chi connectivity index (χ1n) is 12.9. The van der Waals surface area contributed by atoms with Gasteiger partial charge in [-0.3, -0.25) is 9.59 Å². The predicted molar refractivity (Wildman–Crippen MR) is 142 cm³/mol. The Hall–Kier alpha value is -2.71. The fraction of sp³-hybridized carbons (Fsp3) is 0.500. The summed E-state index contributed by atoms with van der Waals surface area (Å²) in [6, 6.07) is 17.8. The van der Waals surface area contributed by atoms with Crippen molar-refractivity contribution in [3.05, 3.63) is 66.2 Å². The summed E-state index contributed by atoms with van der Waals surface area (Å²) in [4.78, 5) is 28.2. The number of benzene rings is 2. The molecule has 0 aromatic heterocycles. The van der Waals surface area contributed by atoms with Crippen LogP contribution >= 0.6 is 0 Å². The Morgan fingerprint density at radius 3 is 2.19 bits per heavy atom. The van der Waals surface area contributed by atoms with E-state index in [0.717, 1.165) is 31.2 Å². The standard InChI is InChI=1S/C28H39N3O4S/c1-23(28(33)29-25-15-8-4-9-16-25)31(22-20-24-13-6-3-7-14-24)27(32)19-12-21-30(2)36(34,35)26-17-10-5-11-18-26/h3,5-7,10-11,13-14,17-18,23,25H,4,8-9,12,15-16,19-22H2,1-2H3,(H,29,33)/t23-/m0/s1. The minimum atomic E-state index is -3.61. The van der Waals surface area contributed by atoms with Crippen molar-refractivity contribution in [1.82, 2.24) is 14.5 Å². The summed E-state index contributed by atoms with van der Waals surface area (Å²) in [5, 5.41) is 3.14. The van der Waals surface area contributed by atoms with Crippen molar-refractivity contribution < 1.29 is 18.0 Å². The highest BCUT2D eigenvalue weighted by Crippen LogP contribution is 2.18. The quantitative estimate of drug-likeness (QED) is 0.465. The number of rotatable bonds is 12. The van der Waals surface area contributed by atoms with Gasteiger partial charge in [-0.05, 0) is 50.3 Å². The summed E-state index contributed by atoms with van der Waals surface area (Å²) < 4.78 is 26.8. The first-order valence-corrected chi connectivity index (χ1v) is 14.4. The van der Waals surface area contributed by atoms with E-state index in [0.29, 0.717) is 19.4 Å². The molecular weight excluding hydrogens is 474 g/mol. The van der Waals surface area contributed by atoms with E-state index in [4.69, 9.17) is 0 Å². The molecule has 2 aromatic rings. The normalized spacial score (nSPS) is 15.4. The molecule has 1 N–H and O–H groups in total. The van der Waals surface area contributed by atoms with E-state index >= 15 is 0 Å². The number of hydrogen-bond acceptors (Lipinski definition) is 4. The van der Waals surface area contributed by atoms with Crippen molar-refractivity contribution in [2.45, 2.75) is 75.3 Å². The van der Waals surface area contributed by atoms with Crippen LogP contribution in [0.4, 0.5) is 0 Å². The topological polar surface area (TPSA) is 86.8 Å². The number of carbonyl (C=O) groups excluding carboxylic acids is 2. The maximum absolute atomic E-state index is 13.3. The Kier molecular flexibility index (Phi) is 10.5. The van der Waals surface area contributed by atoms with Crippen LogP contribution in [0.15, 0.2) is 65.6 Å². The van der Waals surface area contributed by atoms with Gasteiger partial charge in [0.25, 0.3) is 0 Å². The highest BCUT2D eigenvalue weighted by Gasteiger charge is 2.28. The number of nitrogens with one attached hydrogen (secondary N) is 1. The second-order valence-electron chi connectivity index (χ2n) is 9.59. The lowest BCUT2D eigenvalue weighted by Crippen LogP contribution is -2.51. The Morgan fingerprint density at radius 2 is 1.56 bits per heavy atom. The Morgan fingerprint density at radius 1 is 0.944 bits per heavy atom. The van der Waals surface area contributed by atoms with Crippen LogP contribution < -0.4 is 5.32 Å². The van der Waals surface area contributed by atoms with E-state index in [9.17, 15) is 18.0 Å². The summed E-state index contributed by atoms with van der Waals surface area (Å²) in [6.45, 7) is 2.44. The Labute approximate surface area is 215 Å². The molecule has 0 unspecified atom stereocenters. The zero-order valence-electron chi connectivity index (χ0n) is 21.4. The zero-order valence-corrected chi connectivity index (χ0v) is 22.3. The Bertz CT molecular complexity index is 1070. The van der Waals surface area contributed by atoms with Crippen LogP contribution in [-0.2, 0) is 26.0 Å². The molecule has 0 saturated heterocycles. The second kappa shape index (κ2) is 13.6. The molecular formula is C28H39N3O4S. The first-order chi connectivity index (χ1) is 17.3. The van der Waals surface area contributed by atoms with E-state index in [-0.39, 0.29) is 35.7 Å². The van der Waals surface area contributed by atoms with Crippen molar-refractivity contribution in [1.29, 1.82) is 0 Å². The molecule has 0 spiro atoms. The molecule has 7 nitrogen and oxygen atoms in total. The van der Waals surface area contributed by atoms with Crippen molar-refractivity contribution in [3.8, 4) is 0 Å². The molecule has 3 rings (SSSR count). The molecule has 0 bridgehead atoms. The van der Waals surface area contributed by atoms with E-state index in [2.05, 4.69) is 5.32 Å². The van der Waals surface area contributed by atoms with Gasteiger partial charge in [-0.1, -0.05) is 67.8 Å². The highest BCUT2D eigenvalue weighted by atomic mass is 32.2. The molecule has 0 heterocycles. The number of sulfonamides is 1. The average molecular weight is 514 g/mol.